The van der Waals surface area contributed by atoms with Gasteiger partial charge in [-0.25, -0.2) is 0 Å². The molecule has 0 saturated carbocycles. The molecule has 0 heterocycles. The van der Waals surface area contributed by atoms with Gasteiger partial charge in [0.05, 0.1) is 0 Å². The predicted molar refractivity (Wildman–Crippen MR) is 67.3 cm³/mol. The van der Waals surface area contributed by atoms with Gasteiger partial charge in [-0.15, -0.1) is 11.6 Å². The molecule has 1 aromatic carbocycles. The van der Waals surface area contributed by atoms with Gasteiger partial charge < -0.3 is 5.32 Å². The number of rotatable bonds is 6. The highest BCUT2D eigenvalue weighted by Gasteiger charge is 2.15. The highest BCUT2D eigenvalue weighted by atomic mass is 35.5. The third-order valence-electron chi connectivity index (χ3n) is 2.55. The van der Waals surface area contributed by atoms with Gasteiger partial charge in [-0.2, -0.15) is 0 Å². The van der Waals surface area contributed by atoms with Crippen molar-refractivity contribution in [2.24, 2.45) is 5.41 Å². The lowest BCUT2D eigenvalue weighted by molar-refractivity contribution is 0.329. The average Bonchev–Trinajstić information content (AvgIpc) is 2.19. The molecule has 0 radical (unpaired) electrons. The van der Waals surface area contributed by atoms with Crippen LogP contribution in [0.5, 0.6) is 0 Å². The maximum atomic E-state index is 5.75. The lowest BCUT2D eigenvalue weighted by Gasteiger charge is -2.23. The normalized spacial score (nSPS) is 11.7. The van der Waals surface area contributed by atoms with Crippen LogP contribution in [0, 0.1) is 5.41 Å². The molecule has 0 fully saturated rings. The molecule has 0 aliphatic heterocycles. The summed E-state index contributed by atoms with van der Waals surface area (Å²) in [5.74, 6) is 0.736. The second-order valence-corrected chi connectivity index (χ2v) is 5.07. The average molecular weight is 226 g/mol. The van der Waals surface area contributed by atoms with Crippen molar-refractivity contribution in [2.45, 2.75) is 26.8 Å². The molecule has 84 valence electrons. The molecule has 0 saturated heterocycles. The Bertz CT molecular complexity index is 269. The van der Waals surface area contributed by atoms with E-state index in [9.17, 15) is 0 Å². The molecule has 2 heteroatoms. The Labute approximate surface area is 97.8 Å². The van der Waals surface area contributed by atoms with Crippen LogP contribution in [-0.4, -0.2) is 12.4 Å². The summed E-state index contributed by atoms with van der Waals surface area (Å²) < 4.78 is 0. The summed E-state index contributed by atoms with van der Waals surface area (Å²) in [6.45, 7) is 6.43. The van der Waals surface area contributed by atoms with E-state index < -0.39 is 0 Å². The van der Waals surface area contributed by atoms with Gasteiger partial charge in [0.2, 0.25) is 0 Å². The van der Waals surface area contributed by atoms with Crippen LogP contribution in [0.15, 0.2) is 30.3 Å². The quantitative estimate of drug-likeness (QED) is 0.732. The fraction of sp³-hybridized carbons (Fsp3) is 0.538. The maximum absolute atomic E-state index is 5.75. The molecule has 0 unspecified atom stereocenters. The van der Waals surface area contributed by atoms with Crippen molar-refractivity contribution >= 4 is 11.6 Å². The van der Waals surface area contributed by atoms with Gasteiger partial charge in [0, 0.05) is 19.0 Å². The summed E-state index contributed by atoms with van der Waals surface area (Å²) in [6, 6.07) is 10.5. The number of hydrogen-bond acceptors (Lipinski definition) is 1. The molecule has 15 heavy (non-hydrogen) atoms. The van der Waals surface area contributed by atoms with E-state index >= 15 is 0 Å². The van der Waals surface area contributed by atoms with E-state index in [1.807, 2.05) is 6.07 Å². The van der Waals surface area contributed by atoms with Crippen molar-refractivity contribution in [3.8, 4) is 0 Å². The summed E-state index contributed by atoms with van der Waals surface area (Å²) in [4.78, 5) is 0. The zero-order valence-electron chi connectivity index (χ0n) is 9.59. The molecule has 0 aliphatic carbocycles. The molecule has 0 spiro atoms. The fourth-order valence-corrected chi connectivity index (χ4v) is 2.00. The first-order valence-electron chi connectivity index (χ1n) is 5.45. The van der Waals surface area contributed by atoms with Crippen LogP contribution in [0.2, 0.25) is 0 Å². The first kappa shape index (κ1) is 12.5. The molecule has 0 bridgehead atoms. The first-order chi connectivity index (χ1) is 7.14. The molecule has 0 amide bonds. The molecule has 0 aromatic heterocycles. The van der Waals surface area contributed by atoms with E-state index in [1.165, 1.54) is 5.56 Å². The third kappa shape index (κ3) is 5.19. The molecular formula is C13H20ClN. The highest BCUT2D eigenvalue weighted by molar-refractivity contribution is 6.17. The second-order valence-electron chi connectivity index (χ2n) is 4.69. The Morgan fingerprint density at radius 1 is 1.20 bits per heavy atom. The molecular weight excluding hydrogens is 206 g/mol. The summed E-state index contributed by atoms with van der Waals surface area (Å²) in [7, 11) is 0. The first-order valence-corrected chi connectivity index (χ1v) is 5.98. The Morgan fingerprint density at radius 2 is 1.87 bits per heavy atom. The SMILES string of the molecule is CC(C)(CCCl)CNCc1ccccc1. The van der Waals surface area contributed by atoms with Crippen LogP contribution in [0.25, 0.3) is 0 Å². The molecule has 0 atom stereocenters. The molecule has 0 aliphatic rings. The Balaban J connectivity index is 2.27. The van der Waals surface area contributed by atoms with Crippen molar-refractivity contribution in [3.05, 3.63) is 35.9 Å². The lowest BCUT2D eigenvalue weighted by atomic mass is 9.90. The number of halogens is 1. The van der Waals surface area contributed by atoms with Crippen molar-refractivity contribution in [1.82, 2.24) is 5.32 Å². The standard InChI is InChI=1S/C13H20ClN/c1-13(2,8-9-14)11-15-10-12-6-4-3-5-7-12/h3-7,15H,8-11H2,1-2H3. The van der Waals surface area contributed by atoms with Crippen molar-refractivity contribution < 1.29 is 0 Å². The summed E-state index contributed by atoms with van der Waals surface area (Å²) in [5, 5.41) is 3.47. The molecule has 1 nitrogen and oxygen atoms in total. The molecule has 1 N–H and O–H groups in total. The van der Waals surface area contributed by atoms with Gasteiger partial charge >= 0.3 is 0 Å². The van der Waals surface area contributed by atoms with Crippen molar-refractivity contribution in [1.29, 1.82) is 0 Å². The third-order valence-corrected chi connectivity index (χ3v) is 2.74. The Morgan fingerprint density at radius 3 is 2.47 bits per heavy atom. The highest BCUT2D eigenvalue weighted by Crippen LogP contribution is 2.19. The predicted octanol–water partition coefficient (Wildman–Crippen LogP) is 3.43. The number of nitrogens with one attached hydrogen (secondary N) is 1. The number of hydrogen-bond donors (Lipinski definition) is 1. The minimum Gasteiger partial charge on any atom is -0.312 e. The van der Waals surface area contributed by atoms with Crippen LogP contribution in [0.4, 0.5) is 0 Å². The maximum Gasteiger partial charge on any atom is 0.0229 e. The summed E-state index contributed by atoms with van der Waals surface area (Å²) in [5.41, 5.74) is 1.62. The summed E-state index contributed by atoms with van der Waals surface area (Å²) in [6.07, 6.45) is 1.05. The zero-order valence-corrected chi connectivity index (χ0v) is 10.3. The molecule has 1 aromatic rings. The number of benzene rings is 1. The van der Waals surface area contributed by atoms with E-state index in [-0.39, 0.29) is 5.41 Å². The van der Waals surface area contributed by atoms with Gasteiger partial charge in [0.25, 0.3) is 0 Å². The minimum absolute atomic E-state index is 0.288. The smallest absolute Gasteiger partial charge is 0.0229 e. The van der Waals surface area contributed by atoms with Gasteiger partial charge in [-0.3, -0.25) is 0 Å². The van der Waals surface area contributed by atoms with E-state index in [0.717, 1.165) is 25.4 Å². The van der Waals surface area contributed by atoms with Gasteiger partial charge in [0.1, 0.15) is 0 Å². The van der Waals surface area contributed by atoms with Crippen molar-refractivity contribution in [3.63, 3.8) is 0 Å². The van der Waals surface area contributed by atoms with Crippen LogP contribution < -0.4 is 5.32 Å². The molecule has 1 rings (SSSR count). The van der Waals surface area contributed by atoms with Crippen LogP contribution in [-0.2, 0) is 6.54 Å². The van der Waals surface area contributed by atoms with Crippen LogP contribution in [0.3, 0.4) is 0 Å². The fourth-order valence-electron chi connectivity index (χ4n) is 1.49. The zero-order chi connectivity index (χ0) is 11.1. The van der Waals surface area contributed by atoms with E-state index in [1.54, 1.807) is 0 Å². The Kier molecular flexibility index (Phi) is 5.13. The topological polar surface area (TPSA) is 12.0 Å². The van der Waals surface area contributed by atoms with E-state index in [0.29, 0.717) is 0 Å². The summed E-state index contributed by atoms with van der Waals surface area (Å²) >= 11 is 5.75. The van der Waals surface area contributed by atoms with Gasteiger partial charge in [-0.1, -0.05) is 44.2 Å². The minimum atomic E-state index is 0.288. The Hall–Kier alpha value is -0.530. The van der Waals surface area contributed by atoms with Crippen LogP contribution in [0.1, 0.15) is 25.8 Å². The number of alkyl halides is 1. The van der Waals surface area contributed by atoms with E-state index in [4.69, 9.17) is 11.6 Å². The second kappa shape index (κ2) is 6.14. The van der Waals surface area contributed by atoms with Gasteiger partial charge in [0.15, 0.2) is 0 Å². The monoisotopic (exact) mass is 225 g/mol. The largest absolute Gasteiger partial charge is 0.312 e. The van der Waals surface area contributed by atoms with Gasteiger partial charge in [-0.05, 0) is 17.4 Å². The van der Waals surface area contributed by atoms with E-state index in [2.05, 4.69) is 43.4 Å². The van der Waals surface area contributed by atoms with Crippen molar-refractivity contribution in [2.75, 3.05) is 12.4 Å². The lowest BCUT2D eigenvalue weighted by Crippen LogP contribution is -2.29. The van der Waals surface area contributed by atoms with Crippen LogP contribution >= 0.6 is 11.6 Å².